The summed E-state index contributed by atoms with van der Waals surface area (Å²) in [5.41, 5.74) is 1.70. The molecule has 0 amide bonds. The summed E-state index contributed by atoms with van der Waals surface area (Å²) < 4.78 is 1.79. The predicted molar refractivity (Wildman–Crippen MR) is 52.4 cm³/mol. The molecular weight excluding hydrogens is 180 g/mol. The lowest BCUT2D eigenvalue weighted by atomic mass is 10.2. The van der Waals surface area contributed by atoms with Gasteiger partial charge in [0.1, 0.15) is 5.82 Å². The molecule has 1 aromatic heterocycles. The van der Waals surface area contributed by atoms with Crippen molar-refractivity contribution in [3.8, 4) is 0 Å². The van der Waals surface area contributed by atoms with Crippen LogP contribution in [0.25, 0.3) is 11.0 Å². The Morgan fingerprint density at radius 2 is 2.21 bits per heavy atom. The van der Waals surface area contributed by atoms with Crippen molar-refractivity contribution < 1.29 is 9.90 Å². The molecule has 0 bridgehead atoms. The summed E-state index contributed by atoms with van der Waals surface area (Å²) in [7, 11) is 1.82. The largest absolute Gasteiger partial charge is 0.478 e. The van der Waals surface area contributed by atoms with Crippen molar-refractivity contribution >= 4 is 17.0 Å². The van der Waals surface area contributed by atoms with Gasteiger partial charge in [-0.2, -0.15) is 0 Å². The zero-order valence-corrected chi connectivity index (χ0v) is 7.98. The molecule has 0 aliphatic rings. The van der Waals surface area contributed by atoms with Crippen molar-refractivity contribution in [3.05, 3.63) is 29.6 Å². The highest BCUT2D eigenvalue weighted by atomic mass is 16.4. The van der Waals surface area contributed by atoms with Crippen molar-refractivity contribution in [2.45, 2.75) is 6.92 Å². The number of carbonyl (C=O) groups is 1. The monoisotopic (exact) mass is 190 g/mol. The second-order valence-electron chi connectivity index (χ2n) is 3.20. The number of hydrogen-bond donors (Lipinski definition) is 1. The number of carboxylic acids is 1. The third-order valence-corrected chi connectivity index (χ3v) is 2.35. The maximum absolute atomic E-state index is 10.9. The first-order valence-electron chi connectivity index (χ1n) is 4.26. The number of aromatic carboxylic acids is 1. The minimum Gasteiger partial charge on any atom is -0.478 e. The van der Waals surface area contributed by atoms with Crippen LogP contribution in [0.1, 0.15) is 16.2 Å². The molecule has 1 N–H and O–H groups in total. The molecule has 0 radical (unpaired) electrons. The van der Waals surface area contributed by atoms with Crippen molar-refractivity contribution in [2.24, 2.45) is 7.05 Å². The molecule has 0 spiro atoms. The van der Waals surface area contributed by atoms with Crippen LogP contribution in [0.15, 0.2) is 18.2 Å². The summed E-state index contributed by atoms with van der Waals surface area (Å²) in [5.74, 6) is -0.104. The van der Waals surface area contributed by atoms with E-state index < -0.39 is 5.97 Å². The summed E-state index contributed by atoms with van der Waals surface area (Å²) >= 11 is 0. The van der Waals surface area contributed by atoms with E-state index in [4.69, 9.17) is 5.11 Å². The number of carboxylic acid groups (broad SMARTS) is 1. The molecule has 1 aromatic carbocycles. The fraction of sp³-hybridized carbons (Fsp3) is 0.200. The summed E-state index contributed by atoms with van der Waals surface area (Å²) in [6.45, 7) is 1.85. The molecule has 4 nitrogen and oxygen atoms in total. The molecule has 0 saturated heterocycles. The average Bonchev–Trinajstić information content (AvgIpc) is 2.43. The van der Waals surface area contributed by atoms with Gasteiger partial charge in [-0.05, 0) is 19.1 Å². The lowest BCUT2D eigenvalue weighted by molar-refractivity contribution is 0.0698. The Labute approximate surface area is 80.8 Å². The highest BCUT2D eigenvalue weighted by molar-refractivity contribution is 6.01. The number of benzene rings is 1. The summed E-state index contributed by atoms with van der Waals surface area (Å²) in [6.07, 6.45) is 0. The third-order valence-electron chi connectivity index (χ3n) is 2.35. The lowest BCUT2D eigenvalue weighted by Crippen LogP contribution is -2.01. The maximum Gasteiger partial charge on any atom is 0.337 e. The third kappa shape index (κ3) is 1.08. The van der Waals surface area contributed by atoms with Crippen LogP contribution < -0.4 is 0 Å². The second kappa shape index (κ2) is 2.83. The normalized spacial score (nSPS) is 10.7. The number of rotatable bonds is 1. The van der Waals surface area contributed by atoms with E-state index in [0.717, 1.165) is 11.3 Å². The Balaban J connectivity index is 2.91. The van der Waals surface area contributed by atoms with E-state index in [-0.39, 0.29) is 0 Å². The molecule has 0 atom stereocenters. The fourth-order valence-electron chi connectivity index (χ4n) is 1.56. The fourth-order valence-corrected chi connectivity index (χ4v) is 1.56. The molecule has 0 aliphatic heterocycles. The first-order valence-corrected chi connectivity index (χ1v) is 4.26. The van der Waals surface area contributed by atoms with Crippen LogP contribution >= 0.6 is 0 Å². The predicted octanol–water partition coefficient (Wildman–Crippen LogP) is 1.58. The molecule has 0 unspecified atom stereocenters. The molecule has 1 heterocycles. The van der Waals surface area contributed by atoms with Gasteiger partial charge < -0.3 is 9.67 Å². The van der Waals surface area contributed by atoms with Gasteiger partial charge >= 0.3 is 5.97 Å². The van der Waals surface area contributed by atoms with Crippen LogP contribution in [-0.2, 0) is 7.05 Å². The summed E-state index contributed by atoms with van der Waals surface area (Å²) in [4.78, 5) is 15.2. The SMILES string of the molecule is Cc1nc2cccc(C(=O)O)c2n1C. The molecule has 4 heteroatoms. The van der Waals surface area contributed by atoms with Gasteiger partial charge in [-0.1, -0.05) is 6.07 Å². The molecule has 0 aliphatic carbocycles. The highest BCUT2D eigenvalue weighted by Gasteiger charge is 2.12. The second-order valence-corrected chi connectivity index (χ2v) is 3.20. The van der Waals surface area contributed by atoms with Crippen LogP contribution in [0.3, 0.4) is 0 Å². The van der Waals surface area contributed by atoms with Crippen molar-refractivity contribution in [3.63, 3.8) is 0 Å². The molecular formula is C10H10N2O2. The van der Waals surface area contributed by atoms with Gasteiger partial charge in [-0.15, -0.1) is 0 Å². The van der Waals surface area contributed by atoms with Crippen LogP contribution in [0, 0.1) is 6.92 Å². The van der Waals surface area contributed by atoms with Gasteiger partial charge in [0.25, 0.3) is 0 Å². The Morgan fingerprint density at radius 1 is 1.50 bits per heavy atom. The molecule has 72 valence electrons. The Bertz CT molecular complexity index is 514. The zero-order chi connectivity index (χ0) is 10.3. The van der Waals surface area contributed by atoms with Crippen molar-refractivity contribution in [1.82, 2.24) is 9.55 Å². The number of aromatic nitrogens is 2. The number of para-hydroxylation sites is 1. The number of hydrogen-bond acceptors (Lipinski definition) is 2. The van der Waals surface area contributed by atoms with E-state index in [1.54, 1.807) is 16.7 Å². The van der Waals surface area contributed by atoms with E-state index in [1.165, 1.54) is 0 Å². The minimum absolute atomic E-state index is 0.297. The molecule has 0 fully saturated rings. The van der Waals surface area contributed by atoms with Gasteiger partial charge in [0, 0.05) is 7.05 Å². The molecule has 2 aromatic rings. The summed E-state index contributed by atoms with van der Waals surface area (Å²) in [5, 5.41) is 8.98. The van der Waals surface area contributed by atoms with E-state index >= 15 is 0 Å². The molecule has 0 saturated carbocycles. The van der Waals surface area contributed by atoms with Crippen LogP contribution in [-0.4, -0.2) is 20.6 Å². The lowest BCUT2D eigenvalue weighted by Gasteiger charge is -2.00. The number of imidazole rings is 1. The maximum atomic E-state index is 10.9. The highest BCUT2D eigenvalue weighted by Crippen LogP contribution is 2.18. The molecule has 14 heavy (non-hydrogen) atoms. The van der Waals surface area contributed by atoms with Gasteiger partial charge in [0.05, 0.1) is 16.6 Å². The van der Waals surface area contributed by atoms with Crippen LogP contribution in [0.2, 0.25) is 0 Å². The molecule has 2 rings (SSSR count). The van der Waals surface area contributed by atoms with Crippen molar-refractivity contribution in [1.29, 1.82) is 0 Å². The number of nitrogens with zero attached hydrogens (tertiary/aromatic N) is 2. The zero-order valence-electron chi connectivity index (χ0n) is 7.98. The van der Waals surface area contributed by atoms with Crippen molar-refractivity contribution in [2.75, 3.05) is 0 Å². The quantitative estimate of drug-likeness (QED) is 0.742. The van der Waals surface area contributed by atoms with Crippen LogP contribution in [0.5, 0.6) is 0 Å². The first-order chi connectivity index (χ1) is 6.61. The number of aryl methyl sites for hydroxylation is 2. The van der Waals surface area contributed by atoms with Gasteiger partial charge in [0.15, 0.2) is 0 Å². The van der Waals surface area contributed by atoms with Gasteiger partial charge in [-0.25, -0.2) is 9.78 Å². The Hall–Kier alpha value is -1.84. The van der Waals surface area contributed by atoms with E-state index in [2.05, 4.69) is 4.98 Å². The van der Waals surface area contributed by atoms with Gasteiger partial charge in [-0.3, -0.25) is 0 Å². The van der Waals surface area contributed by atoms with Crippen LogP contribution in [0.4, 0.5) is 0 Å². The van der Waals surface area contributed by atoms with E-state index in [0.29, 0.717) is 11.1 Å². The standard InChI is InChI=1S/C10H10N2O2/c1-6-11-8-5-3-4-7(10(13)14)9(8)12(6)2/h3-5H,1-2H3,(H,13,14). The Kier molecular flexibility index (Phi) is 1.77. The topological polar surface area (TPSA) is 55.1 Å². The first kappa shape index (κ1) is 8.74. The average molecular weight is 190 g/mol. The summed E-state index contributed by atoms with van der Waals surface area (Å²) in [6, 6.07) is 5.11. The Morgan fingerprint density at radius 3 is 2.86 bits per heavy atom. The smallest absolute Gasteiger partial charge is 0.337 e. The number of fused-ring (bicyclic) bond motifs is 1. The van der Waals surface area contributed by atoms with Gasteiger partial charge in [0.2, 0.25) is 0 Å². The minimum atomic E-state index is -0.918. The van der Waals surface area contributed by atoms with E-state index in [9.17, 15) is 4.79 Å². The van der Waals surface area contributed by atoms with E-state index in [1.807, 2.05) is 20.0 Å².